The van der Waals surface area contributed by atoms with Crippen molar-refractivity contribution in [2.75, 3.05) is 5.32 Å². The molecule has 0 aromatic carbocycles. The molecule has 2 aromatic heterocycles. The van der Waals surface area contributed by atoms with Crippen molar-refractivity contribution in [3.05, 3.63) is 18.0 Å². The molecular formula is C24H31F3N4O3. The van der Waals surface area contributed by atoms with Crippen LogP contribution in [-0.2, 0) is 4.79 Å². The van der Waals surface area contributed by atoms with Gasteiger partial charge in [-0.25, -0.2) is 15.0 Å². The Kier molecular flexibility index (Phi) is 7.25. The molecule has 186 valence electrons. The van der Waals surface area contributed by atoms with E-state index >= 15 is 0 Å². The number of ether oxygens (including phenoxy) is 1. The molecule has 0 aliphatic heterocycles. The van der Waals surface area contributed by atoms with Gasteiger partial charge in [0.05, 0.1) is 23.4 Å². The van der Waals surface area contributed by atoms with Crippen LogP contribution in [0.2, 0.25) is 0 Å². The number of ketones is 1. The van der Waals surface area contributed by atoms with Crippen molar-refractivity contribution in [2.24, 2.45) is 5.92 Å². The van der Waals surface area contributed by atoms with Gasteiger partial charge in [-0.2, -0.15) is 13.2 Å². The summed E-state index contributed by atoms with van der Waals surface area (Å²) in [5.41, 5.74) is 1.51. The SMILES string of the molecule is CC(=O)CC1CC(Oc2ncc(C3CCC(O)CC3)c3nc(N[C@@H](C)CC(F)(F)F)ncc23)C1. The van der Waals surface area contributed by atoms with Crippen LogP contribution in [0.15, 0.2) is 12.4 Å². The second kappa shape index (κ2) is 10.0. The maximum absolute atomic E-state index is 12.8. The van der Waals surface area contributed by atoms with Gasteiger partial charge in [0, 0.05) is 30.4 Å². The average Bonchev–Trinajstić information content (AvgIpc) is 2.71. The summed E-state index contributed by atoms with van der Waals surface area (Å²) in [5.74, 6) is 1.16. The number of aliphatic hydroxyl groups excluding tert-OH is 1. The van der Waals surface area contributed by atoms with E-state index in [0.717, 1.165) is 31.2 Å². The molecule has 2 aliphatic carbocycles. The molecule has 0 saturated heterocycles. The van der Waals surface area contributed by atoms with E-state index in [1.165, 1.54) is 6.92 Å². The molecule has 7 nitrogen and oxygen atoms in total. The number of halogens is 3. The number of Topliss-reactive ketones (excluding diaryl/α,β-unsaturated/α-hetero) is 1. The van der Waals surface area contributed by atoms with Crippen molar-refractivity contribution < 1.29 is 27.8 Å². The molecule has 0 amide bonds. The van der Waals surface area contributed by atoms with Crippen LogP contribution in [0.1, 0.15) is 76.7 Å². The molecule has 2 fully saturated rings. The summed E-state index contributed by atoms with van der Waals surface area (Å²) in [6.45, 7) is 3.03. The monoisotopic (exact) mass is 480 g/mol. The van der Waals surface area contributed by atoms with Gasteiger partial charge >= 0.3 is 6.18 Å². The van der Waals surface area contributed by atoms with Crippen molar-refractivity contribution in [1.82, 2.24) is 15.0 Å². The smallest absolute Gasteiger partial charge is 0.391 e. The number of nitrogens with one attached hydrogen (secondary N) is 1. The summed E-state index contributed by atoms with van der Waals surface area (Å²) in [6.07, 6.45) is 2.70. The Labute approximate surface area is 196 Å². The van der Waals surface area contributed by atoms with Gasteiger partial charge in [0.15, 0.2) is 0 Å². The van der Waals surface area contributed by atoms with Gasteiger partial charge in [-0.1, -0.05) is 0 Å². The molecule has 0 bridgehead atoms. The second-order valence-electron chi connectivity index (χ2n) is 9.83. The van der Waals surface area contributed by atoms with Crippen molar-refractivity contribution >= 4 is 22.6 Å². The Balaban J connectivity index is 1.59. The number of hydrogen-bond acceptors (Lipinski definition) is 7. The first-order valence-electron chi connectivity index (χ1n) is 11.9. The lowest BCUT2D eigenvalue weighted by Gasteiger charge is -2.34. The Morgan fingerprint density at radius 3 is 2.56 bits per heavy atom. The van der Waals surface area contributed by atoms with E-state index in [1.807, 2.05) is 0 Å². The maximum atomic E-state index is 12.8. The Bertz CT molecular complexity index is 1020. The Morgan fingerprint density at radius 2 is 1.91 bits per heavy atom. The summed E-state index contributed by atoms with van der Waals surface area (Å²) in [5, 5.41) is 13.3. The van der Waals surface area contributed by atoms with E-state index in [4.69, 9.17) is 4.74 Å². The van der Waals surface area contributed by atoms with E-state index in [0.29, 0.717) is 42.0 Å². The Hall–Kier alpha value is -2.49. The number of hydrogen-bond donors (Lipinski definition) is 2. The summed E-state index contributed by atoms with van der Waals surface area (Å²) in [6, 6.07) is -0.878. The van der Waals surface area contributed by atoms with E-state index in [2.05, 4.69) is 20.3 Å². The summed E-state index contributed by atoms with van der Waals surface area (Å²) in [4.78, 5) is 24.7. The van der Waals surface area contributed by atoms with E-state index in [1.54, 1.807) is 19.3 Å². The molecule has 34 heavy (non-hydrogen) atoms. The topological polar surface area (TPSA) is 97.2 Å². The third kappa shape index (κ3) is 6.14. The van der Waals surface area contributed by atoms with Crippen molar-refractivity contribution in [3.8, 4) is 5.88 Å². The van der Waals surface area contributed by atoms with Crippen LogP contribution < -0.4 is 10.1 Å². The maximum Gasteiger partial charge on any atom is 0.391 e. The number of aliphatic hydroxyl groups is 1. The molecule has 2 aliphatic rings. The minimum atomic E-state index is -4.29. The molecule has 2 aromatic rings. The molecule has 0 radical (unpaired) electrons. The van der Waals surface area contributed by atoms with Crippen LogP contribution in [0.5, 0.6) is 5.88 Å². The molecule has 2 heterocycles. The summed E-state index contributed by atoms with van der Waals surface area (Å²) >= 11 is 0. The first kappa shape index (κ1) is 24.6. The van der Waals surface area contributed by atoms with Crippen LogP contribution in [-0.4, -0.2) is 50.3 Å². The predicted molar refractivity (Wildman–Crippen MR) is 121 cm³/mol. The predicted octanol–water partition coefficient (Wildman–Crippen LogP) is 4.93. The number of nitrogens with zero attached hydrogens (tertiary/aromatic N) is 3. The molecule has 2 N–H and O–H groups in total. The average molecular weight is 481 g/mol. The largest absolute Gasteiger partial charge is 0.474 e. The lowest BCUT2D eigenvalue weighted by Crippen LogP contribution is -2.35. The van der Waals surface area contributed by atoms with Crippen LogP contribution in [0, 0.1) is 5.92 Å². The zero-order chi connectivity index (χ0) is 24.5. The highest BCUT2D eigenvalue weighted by Crippen LogP contribution is 2.39. The van der Waals surface area contributed by atoms with Crippen molar-refractivity contribution in [3.63, 3.8) is 0 Å². The number of carbonyl (C=O) groups is 1. The second-order valence-corrected chi connectivity index (χ2v) is 9.83. The van der Waals surface area contributed by atoms with Gasteiger partial charge in [0.1, 0.15) is 11.9 Å². The zero-order valence-corrected chi connectivity index (χ0v) is 19.4. The molecule has 0 unspecified atom stereocenters. The number of pyridine rings is 1. The molecule has 1 atom stereocenters. The Morgan fingerprint density at radius 1 is 1.21 bits per heavy atom. The fourth-order valence-corrected chi connectivity index (χ4v) is 4.99. The lowest BCUT2D eigenvalue weighted by atomic mass is 9.79. The highest BCUT2D eigenvalue weighted by Gasteiger charge is 2.33. The number of aromatic nitrogens is 3. The van der Waals surface area contributed by atoms with Crippen LogP contribution >= 0.6 is 0 Å². The standard InChI is InChI=1S/C24H31F3N4O3/c1-13(10-24(25,26)27)30-23-29-12-20-21(31-23)19(16-3-5-17(33)6-4-16)11-28-22(20)34-18-8-15(9-18)7-14(2)32/h11-13,15-18,33H,3-10H2,1-2H3,(H,29,30,31)/t13-,15?,16?,17?,18?/m0/s1. The van der Waals surface area contributed by atoms with Gasteiger partial charge in [0.2, 0.25) is 11.8 Å². The van der Waals surface area contributed by atoms with Gasteiger partial charge in [-0.15, -0.1) is 0 Å². The quantitative estimate of drug-likeness (QED) is 0.553. The van der Waals surface area contributed by atoms with Gasteiger partial charge in [-0.05, 0) is 64.2 Å². The fraction of sp³-hybridized carbons (Fsp3) is 0.667. The van der Waals surface area contributed by atoms with Crippen molar-refractivity contribution in [1.29, 1.82) is 0 Å². The fourth-order valence-electron chi connectivity index (χ4n) is 4.99. The molecule has 4 rings (SSSR count). The zero-order valence-electron chi connectivity index (χ0n) is 19.4. The van der Waals surface area contributed by atoms with Gasteiger partial charge < -0.3 is 20.0 Å². The summed E-state index contributed by atoms with van der Waals surface area (Å²) in [7, 11) is 0. The number of rotatable bonds is 8. The van der Waals surface area contributed by atoms with E-state index in [9.17, 15) is 23.1 Å². The van der Waals surface area contributed by atoms with Gasteiger partial charge in [-0.3, -0.25) is 0 Å². The molecule has 10 heteroatoms. The van der Waals surface area contributed by atoms with E-state index in [-0.39, 0.29) is 29.9 Å². The first-order chi connectivity index (χ1) is 16.1. The number of alkyl halides is 3. The molecule has 2 saturated carbocycles. The van der Waals surface area contributed by atoms with E-state index < -0.39 is 18.6 Å². The van der Waals surface area contributed by atoms with Crippen LogP contribution in [0.4, 0.5) is 19.1 Å². The number of fused-ring (bicyclic) bond motifs is 1. The minimum Gasteiger partial charge on any atom is -0.474 e. The third-order valence-electron chi connectivity index (χ3n) is 6.71. The van der Waals surface area contributed by atoms with Crippen molar-refractivity contribution in [2.45, 2.75) is 95.6 Å². The van der Waals surface area contributed by atoms with Crippen LogP contribution in [0.25, 0.3) is 10.9 Å². The summed E-state index contributed by atoms with van der Waals surface area (Å²) < 4.78 is 44.4. The lowest BCUT2D eigenvalue weighted by molar-refractivity contribution is -0.136. The minimum absolute atomic E-state index is 0.0414. The molecule has 0 spiro atoms. The first-order valence-corrected chi connectivity index (χ1v) is 11.9. The molecular weight excluding hydrogens is 449 g/mol. The highest BCUT2D eigenvalue weighted by atomic mass is 19.4. The third-order valence-corrected chi connectivity index (χ3v) is 6.71. The van der Waals surface area contributed by atoms with Crippen LogP contribution in [0.3, 0.4) is 0 Å². The highest BCUT2D eigenvalue weighted by molar-refractivity contribution is 5.86. The number of carbonyl (C=O) groups excluding carboxylic acids is 1. The normalized spacial score (nSPS) is 26.1. The number of anilines is 1. The van der Waals surface area contributed by atoms with Gasteiger partial charge in [0.25, 0.3) is 0 Å².